The first-order chi connectivity index (χ1) is 8.60. The minimum absolute atomic E-state index is 0.363. The van der Waals surface area contributed by atoms with Crippen molar-refractivity contribution in [3.05, 3.63) is 54.6 Å². The van der Waals surface area contributed by atoms with Gasteiger partial charge in [-0.1, -0.05) is 28.1 Å². The highest BCUT2D eigenvalue weighted by atomic mass is 79.9. The van der Waals surface area contributed by atoms with E-state index in [0.717, 1.165) is 6.42 Å². The van der Waals surface area contributed by atoms with E-state index in [1.807, 2.05) is 7.05 Å². The Kier molecular flexibility index (Phi) is 5.01. The number of thiophene rings is 1. The van der Waals surface area contributed by atoms with Crippen LogP contribution in [0, 0.1) is 6.92 Å². The number of rotatable bonds is 4. The second kappa shape index (κ2) is 6.33. The van der Waals surface area contributed by atoms with Crippen LogP contribution >= 0.6 is 43.2 Å². The van der Waals surface area contributed by atoms with Gasteiger partial charge < -0.3 is 5.32 Å². The van der Waals surface area contributed by atoms with Gasteiger partial charge in [-0.2, -0.15) is 0 Å². The lowest BCUT2D eigenvalue weighted by Crippen LogP contribution is -2.18. The fourth-order valence-corrected chi connectivity index (χ4v) is 3.71. The van der Waals surface area contributed by atoms with Gasteiger partial charge in [0.25, 0.3) is 0 Å². The van der Waals surface area contributed by atoms with Crippen LogP contribution in [0.15, 0.2) is 38.6 Å². The fraction of sp³-hybridized carbons (Fsp3) is 0.286. The van der Waals surface area contributed by atoms with Crippen molar-refractivity contribution in [1.82, 2.24) is 5.32 Å². The van der Waals surface area contributed by atoms with E-state index in [0.29, 0.717) is 6.04 Å². The summed E-state index contributed by atoms with van der Waals surface area (Å²) in [6, 6.07) is 11.2. The number of hydrogen-bond donors (Lipinski definition) is 1. The molecule has 0 bridgehead atoms. The molecule has 0 saturated heterocycles. The standard InChI is InChI=1S/C14H15Br2NS/c1-9-7-10(3-5-12(9)15)13(17-2)8-11-4-6-14(16)18-11/h3-7,13,17H,8H2,1-2H3. The molecule has 1 N–H and O–H groups in total. The highest BCUT2D eigenvalue weighted by Crippen LogP contribution is 2.28. The third-order valence-electron chi connectivity index (χ3n) is 2.97. The van der Waals surface area contributed by atoms with Crippen molar-refractivity contribution < 1.29 is 0 Å². The van der Waals surface area contributed by atoms with Crippen LogP contribution < -0.4 is 5.32 Å². The summed E-state index contributed by atoms with van der Waals surface area (Å²) in [4.78, 5) is 1.39. The van der Waals surface area contributed by atoms with Gasteiger partial charge in [-0.15, -0.1) is 11.3 Å². The van der Waals surface area contributed by atoms with Crippen molar-refractivity contribution in [2.24, 2.45) is 0 Å². The van der Waals surface area contributed by atoms with Gasteiger partial charge in [0.15, 0.2) is 0 Å². The monoisotopic (exact) mass is 387 g/mol. The molecule has 0 saturated carbocycles. The number of benzene rings is 1. The zero-order valence-corrected chi connectivity index (χ0v) is 14.3. The number of halogens is 2. The highest BCUT2D eigenvalue weighted by Gasteiger charge is 2.12. The van der Waals surface area contributed by atoms with E-state index in [2.05, 4.69) is 74.4 Å². The van der Waals surface area contributed by atoms with Crippen LogP contribution in [-0.4, -0.2) is 7.05 Å². The fourth-order valence-electron chi connectivity index (χ4n) is 1.93. The molecule has 96 valence electrons. The van der Waals surface area contributed by atoms with Gasteiger partial charge in [-0.05, 0) is 59.2 Å². The van der Waals surface area contributed by atoms with E-state index in [-0.39, 0.29) is 0 Å². The smallest absolute Gasteiger partial charge is 0.0701 e. The van der Waals surface area contributed by atoms with Crippen LogP contribution in [0.1, 0.15) is 22.0 Å². The van der Waals surface area contributed by atoms with Gasteiger partial charge in [0.2, 0.25) is 0 Å². The van der Waals surface area contributed by atoms with Gasteiger partial charge in [-0.3, -0.25) is 0 Å². The van der Waals surface area contributed by atoms with E-state index >= 15 is 0 Å². The first kappa shape index (κ1) is 14.3. The minimum Gasteiger partial charge on any atom is -0.313 e. The summed E-state index contributed by atoms with van der Waals surface area (Å²) in [6.07, 6.45) is 1.02. The summed E-state index contributed by atoms with van der Waals surface area (Å²) < 4.78 is 2.36. The summed E-state index contributed by atoms with van der Waals surface area (Å²) in [5.74, 6) is 0. The Labute approximate surface area is 129 Å². The molecule has 0 aliphatic carbocycles. The van der Waals surface area contributed by atoms with Crippen LogP contribution in [0.5, 0.6) is 0 Å². The van der Waals surface area contributed by atoms with Crippen LogP contribution in [0.2, 0.25) is 0 Å². The van der Waals surface area contributed by atoms with Crippen LogP contribution in [0.3, 0.4) is 0 Å². The number of likely N-dealkylation sites (N-methyl/N-ethyl adjacent to an activating group) is 1. The normalized spacial score (nSPS) is 12.7. The van der Waals surface area contributed by atoms with Gasteiger partial charge in [0.05, 0.1) is 3.79 Å². The Morgan fingerprint density at radius 1 is 1.22 bits per heavy atom. The van der Waals surface area contributed by atoms with Gasteiger partial charge in [-0.25, -0.2) is 0 Å². The lowest BCUT2D eigenvalue weighted by atomic mass is 10.0. The Bertz CT molecular complexity index is 536. The Morgan fingerprint density at radius 3 is 2.56 bits per heavy atom. The molecule has 2 rings (SSSR count). The average molecular weight is 389 g/mol. The van der Waals surface area contributed by atoms with Crippen molar-refractivity contribution in [1.29, 1.82) is 0 Å². The quantitative estimate of drug-likeness (QED) is 0.769. The summed E-state index contributed by atoms with van der Waals surface area (Å²) in [5.41, 5.74) is 2.61. The molecule has 1 nitrogen and oxygen atoms in total. The lowest BCUT2D eigenvalue weighted by Gasteiger charge is -2.16. The zero-order valence-electron chi connectivity index (χ0n) is 10.3. The topological polar surface area (TPSA) is 12.0 Å². The average Bonchev–Trinajstić information content (AvgIpc) is 2.75. The summed E-state index contributed by atoms with van der Waals surface area (Å²) >= 11 is 8.86. The predicted molar refractivity (Wildman–Crippen MR) is 86.4 cm³/mol. The molecule has 2 aromatic rings. The minimum atomic E-state index is 0.363. The summed E-state index contributed by atoms with van der Waals surface area (Å²) in [7, 11) is 2.02. The van der Waals surface area contributed by atoms with Gasteiger partial charge in [0, 0.05) is 21.8 Å². The van der Waals surface area contributed by atoms with Crippen LogP contribution in [0.4, 0.5) is 0 Å². The molecule has 4 heteroatoms. The van der Waals surface area contributed by atoms with Crippen molar-refractivity contribution in [3.63, 3.8) is 0 Å². The molecular formula is C14H15Br2NS. The van der Waals surface area contributed by atoms with Gasteiger partial charge >= 0.3 is 0 Å². The van der Waals surface area contributed by atoms with E-state index in [1.54, 1.807) is 11.3 Å². The number of hydrogen-bond acceptors (Lipinski definition) is 2. The molecule has 1 atom stereocenters. The molecule has 0 amide bonds. The predicted octanol–water partition coefficient (Wildman–Crippen LogP) is 5.08. The van der Waals surface area contributed by atoms with Crippen LogP contribution in [-0.2, 0) is 6.42 Å². The third-order valence-corrected chi connectivity index (χ3v) is 5.50. The molecule has 1 heterocycles. The van der Waals surface area contributed by atoms with E-state index in [4.69, 9.17) is 0 Å². The molecule has 0 aliphatic rings. The first-order valence-electron chi connectivity index (χ1n) is 5.77. The van der Waals surface area contributed by atoms with Gasteiger partial charge in [0.1, 0.15) is 0 Å². The maximum atomic E-state index is 3.55. The van der Waals surface area contributed by atoms with Crippen molar-refractivity contribution in [2.75, 3.05) is 7.05 Å². The lowest BCUT2D eigenvalue weighted by molar-refractivity contribution is 0.596. The molecule has 1 aromatic carbocycles. The number of nitrogens with one attached hydrogen (secondary N) is 1. The van der Waals surface area contributed by atoms with E-state index < -0.39 is 0 Å². The largest absolute Gasteiger partial charge is 0.313 e. The Morgan fingerprint density at radius 2 is 2.00 bits per heavy atom. The maximum absolute atomic E-state index is 3.55. The summed E-state index contributed by atoms with van der Waals surface area (Å²) in [5, 5.41) is 3.40. The zero-order chi connectivity index (χ0) is 13.1. The van der Waals surface area contributed by atoms with Crippen molar-refractivity contribution in [3.8, 4) is 0 Å². The molecule has 0 fully saturated rings. The van der Waals surface area contributed by atoms with E-state index in [9.17, 15) is 0 Å². The van der Waals surface area contributed by atoms with E-state index in [1.165, 1.54) is 24.3 Å². The first-order valence-corrected chi connectivity index (χ1v) is 8.18. The molecule has 0 aliphatic heterocycles. The van der Waals surface area contributed by atoms with Crippen LogP contribution in [0.25, 0.3) is 0 Å². The third kappa shape index (κ3) is 3.44. The summed E-state index contributed by atoms with van der Waals surface area (Å²) in [6.45, 7) is 2.13. The van der Waals surface area contributed by atoms with Crippen molar-refractivity contribution in [2.45, 2.75) is 19.4 Å². The molecule has 1 aromatic heterocycles. The molecule has 0 spiro atoms. The Hall–Kier alpha value is -0.160. The second-order valence-corrected chi connectivity index (χ2v) is 7.66. The second-order valence-electron chi connectivity index (χ2n) is 4.26. The number of aryl methyl sites for hydroxylation is 1. The Balaban J connectivity index is 2.19. The molecular weight excluding hydrogens is 374 g/mol. The molecule has 18 heavy (non-hydrogen) atoms. The van der Waals surface area contributed by atoms with Crippen molar-refractivity contribution >= 4 is 43.2 Å². The highest BCUT2D eigenvalue weighted by molar-refractivity contribution is 9.11. The SMILES string of the molecule is CNC(Cc1ccc(Br)s1)c1ccc(Br)c(C)c1. The molecule has 1 unspecified atom stereocenters. The maximum Gasteiger partial charge on any atom is 0.0701 e. The molecule has 0 radical (unpaired) electrons.